The zero-order chi connectivity index (χ0) is 46.1. The van der Waals surface area contributed by atoms with Crippen LogP contribution in [0.5, 0.6) is 0 Å². The summed E-state index contributed by atoms with van der Waals surface area (Å²) in [5.74, 6) is -13.4. The van der Waals surface area contributed by atoms with Crippen LogP contribution in [-0.2, 0) is 57.5 Å². The van der Waals surface area contributed by atoms with Gasteiger partial charge in [0.1, 0.15) is 36.3 Å². The molecule has 338 valence electrons. The van der Waals surface area contributed by atoms with Gasteiger partial charge in [-0.05, 0) is 39.2 Å². The average molecular weight is 863 g/mol. The molecule has 0 aromatic carbocycles. The van der Waals surface area contributed by atoms with Gasteiger partial charge in [0.2, 0.25) is 59.1 Å². The molecule has 0 aromatic rings. The van der Waals surface area contributed by atoms with E-state index < -0.39 is 159 Å². The number of aliphatic hydroxyl groups is 2. The minimum absolute atomic E-state index is 0.0350. The van der Waals surface area contributed by atoms with E-state index in [1.165, 1.54) is 6.92 Å². The Kier molecular flexibility index (Phi) is 25.0. The highest BCUT2D eigenvalue weighted by atomic mass is 16.4. The van der Waals surface area contributed by atoms with Crippen LogP contribution in [0.15, 0.2) is 0 Å². The molecule has 0 fully saturated rings. The number of nitrogens with two attached hydrogens (primary N) is 4. The van der Waals surface area contributed by atoms with Gasteiger partial charge in [-0.1, -0.05) is 0 Å². The summed E-state index contributed by atoms with van der Waals surface area (Å²) in [5.41, 5.74) is 21.3. The predicted molar refractivity (Wildman–Crippen MR) is 200 cm³/mol. The maximum atomic E-state index is 13.2. The Morgan fingerprint density at radius 2 is 1.02 bits per heavy atom. The number of amides is 10. The first-order chi connectivity index (χ1) is 28.1. The summed E-state index contributed by atoms with van der Waals surface area (Å²) in [6.07, 6.45) is -1.60. The Hall–Kier alpha value is -6.52. The first-order valence-electron chi connectivity index (χ1n) is 18.1. The number of nitrogens with one attached hydrogen (secondary N) is 8. The lowest BCUT2D eigenvalue weighted by Crippen LogP contribution is -2.59. The summed E-state index contributed by atoms with van der Waals surface area (Å²) in [4.78, 5) is 146. The fourth-order valence-corrected chi connectivity index (χ4v) is 4.65. The smallest absolute Gasteiger partial charge is 0.326 e. The van der Waals surface area contributed by atoms with E-state index in [1.54, 1.807) is 0 Å². The third-order valence-corrected chi connectivity index (χ3v) is 7.92. The zero-order valence-corrected chi connectivity index (χ0v) is 32.5. The van der Waals surface area contributed by atoms with Crippen molar-refractivity contribution in [1.82, 2.24) is 42.5 Å². The van der Waals surface area contributed by atoms with Crippen molar-refractivity contribution in [3.63, 3.8) is 0 Å². The van der Waals surface area contributed by atoms with Crippen LogP contribution in [0.2, 0.25) is 0 Å². The number of carboxylic acids is 2. The van der Waals surface area contributed by atoms with Gasteiger partial charge >= 0.3 is 11.9 Å². The molecule has 7 unspecified atom stereocenters. The number of carbonyl (C=O) groups is 12. The second-order valence-corrected chi connectivity index (χ2v) is 13.0. The van der Waals surface area contributed by atoms with Crippen LogP contribution in [0.25, 0.3) is 0 Å². The van der Waals surface area contributed by atoms with Crippen LogP contribution in [0.3, 0.4) is 0 Å². The van der Waals surface area contributed by atoms with Gasteiger partial charge in [0, 0.05) is 6.42 Å². The molecule has 0 saturated carbocycles. The summed E-state index contributed by atoms with van der Waals surface area (Å²) >= 11 is 0. The maximum Gasteiger partial charge on any atom is 0.326 e. The van der Waals surface area contributed by atoms with Crippen molar-refractivity contribution >= 4 is 71.0 Å². The Balaban J connectivity index is 5.47. The largest absolute Gasteiger partial charge is 0.481 e. The molecule has 0 saturated heterocycles. The molecule has 28 nitrogen and oxygen atoms in total. The van der Waals surface area contributed by atoms with Crippen molar-refractivity contribution in [2.24, 2.45) is 22.9 Å². The molecule has 0 spiro atoms. The molecular formula is C32H54N12O16. The Morgan fingerprint density at radius 3 is 1.53 bits per heavy atom. The Labute approximate surface area is 341 Å². The minimum atomic E-state index is -1.79. The number of carbonyl (C=O) groups excluding carboxylic acids is 10. The average Bonchev–Trinajstić information content (AvgIpc) is 3.17. The van der Waals surface area contributed by atoms with Crippen LogP contribution < -0.4 is 65.5 Å². The van der Waals surface area contributed by atoms with Gasteiger partial charge in [-0.3, -0.25) is 52.7 Å². The normalized spacial score (nSPS) is 14.2. The molecule has 0 heterocycles. The van der Waals surface area contributed by atoms with Gasteiger partial charge in [-0.2, -0.15) is 0 Å². The summed E-state index contributed by atoms with van der Waals surface area (Å²) < 4.78 is 0. The van der Waals surface area contributed by atoms with Crippen molar-refractivity contribution in [3.05, 3.63) is 0 Å². The maximum absolute atomic E-state index is 13.2. The molecule has 28 heteroatoms. The van der Waals surface area contributed by atoms with Gasteiger partial charge in [0.15, 0.2) is 0 Å². The van der Waals surface area contributed by atoms with Crippen LogP contribution in [0, 0.1) is 0 Å². The topological polar surface area (TPSA) is 486 Å². The second kappa shape index (κ2) is 28.0. The molecule has 0 aliphatic carbocycles. The van der Waals surface area contributed by atoms with Gasteiger partial charge in [0.05, 0.1) is 45.2 Å². The molecule has 0 aliphatic rings. The lowest BCUT2D eigenvalue weighted by atomic mass is 10.1. The molecule has 20 N–H and O–H groups in total. The van der Waals surface area contributed by atoms with E-state index in [0.717, 1.165) is 0 Å². The van der Waals surface area contributed by atoms with Crippen LogP contribution in [0.1, 0.15) is 51.9 Å². The van der Waals surface area contributed by atoms with Crippen molar-refractivity contribution in [1.29, 1.82) is 0 Å². The molecule has 0 bridgehead atoms. The van der Waals surface area contributed by atoms with Crippen molar-refractivity contribution < 1.29 is 78.0 Å². The highest BCUT2D eigenvalue weighted by Crippen LogP contribution is 2.04. The third kappa shape index (κ3) is 21.9. The number of rotatable bonds is 30. The second-order valence-electron chi connectivity index (χ2n) is 13.0. The summed E-state index contributed by atoms with van der Waals surface area (Å²) in [6.45, 7) is -2.33. The standard InChI is InChI=1S/C32H54N12O16/c1-14(39-27(54)15(34)5-6-25(51)52)26(53)41-16(4-2-3-7-33)29(56)44-20(13-46)31(58)42-17(8-21(35)47)28(55)38-10-23(49)37-11-24(50)40-19(12-45)30(57)43-18(32(59)60)9-22(36)48/h14-20,45-46H,2-13,33-34H2,1H3,(H2,35,47)(H2,36,48)(H,37,49)(H,38,55)(H,39,54)(H,40,50)(H,41,53)(H,42,58)(H,43,57)(H,44,56)(H,51,52)(H,59,60). The lowest BCUT2D eigenvalue weighted by molar-refractivity contribution is -0.144. The fraction of sp³-hybridized carbons (Fsp3) is 0.625. The molecule has 60 heavy (non-hydrogen) atoms. The summed E-state index contributed by atoms with van der Waals surface area (Å²) in [6, 6.07) is -10.9. The monoisotopic (exact) mass is 862 g/mol. The van der Waals surface area contributed by atoms with E-state index >= 15 is 0 Å². The Bertz CT molecular complexity index is 1580. The first kappa shape index (κ1) is 53.5. The number of unbranched alkanes of at least 4 members (excludes halogenated alkanes) is 1. The molecule has 10 amide bonds. The number of primary amides is 2. The van der Waals surface area contributed by atoms with Gasteiger partial charge in [-0.15, -0.1) is 0 Å². The Morgan fingerprint density at radius 1 is 0.533 bits per heavy atom. The summed E-state index contributed by atoms with van der Waals surface area (Å²) in [5, 5.41) is 54.3. The van der Waals surface area contributed by atoms with Crippen LogP contribution >= 0.6 is 0 Å². The molecule has 0 radical (unpaired) electrons. The molecule has 7 atom stereocenters. The van der Waals surface area contributed by atoms with Crippen LogP contribution in [-0.4, -0.2) is 167 Å². The number of carboxylic acid groups (broad SMARTS) is 2. The summed E-state index contributed by atoms with van der Waals surface area (Å²) in [7, 11) is 0. The minimum Gasteiger partial charge on any atom is -0.481 e. The van der Waals surface area contributed by atoms with Gasteiger partial charge in [-0.25, -0.2) is 4.79 Å². The zero-order valence-electron chi connectivity index (χ0n) is 32.5. The van der Waals surface area contributed by atoms with Crippen molar-refractivity contribution in [3.8, 4) is 0 Å². The molecular weight excluding hydrogens is 808 g/mol. The first-order valence-corrected chi connectivity index (χ1v) is 18.1. The predicted octanol–water partition coefficient (Wildman–Crippen LogP) is -9.71. The number of hydrogen-bond donors (Lipinski definition) is 16. The van der Waals surface area contributed by atoms with E-state index in [1.807, 2.05) is 10.6 Å². The van der Waals surface area contributed by atoms with E-state index in [0.29, 0.717) is 12.8 Å². The van der Waals surface area contributed by atoms with Crippen LogP contribution in [0.4, 0.5) is 0 Å². The highest BCUT2D eigenvalue weighted by molar-refractivity contribution is 5.98. The molecule has 0 rings (SSSR count). The molecule has 0 aliphatic heterocycles. The van der Waals surface area contributed by atoms with Gasteiger partial charge < -0.3 is 85.9 Å². The van der Waals surface area contributed by atoms with E-state index in [-0.39, 0.29) is 19.4 Å². The van der Waals surface area contributed by atoms with E-state index in [9.17, 15) is 67.7 Å². The fourth-order valence-electron chi connectivity index (χ4n) is 4.65. The highest BCUT2D eigenvalue weighted by Gasteiger charge is 2.32. The molecule has 0 aromatic heterocycles. The van der Waals surface area contributed by atoms with E-state index in [4.69, 9.17) is 33.1 Å². The number of aliphatic carboxylic acids is 2. The number of aliphatic hydroxyl groups excluding tert-OH is 2. The van der Waals surface area contributed by atoms with Gasteiger partial charge in [0.25, 0.3) is 0 Å². The SMILES string of the molecule is CC(NC(=O)C(N)CCC(=O)O)C(=O)NC(CCCCN)C(=O)NC(CO)C(=O)NC(CC(N)=O)C(=O)NCC(=O)NCC(=O)NC(CO)C(=O)NC(CC(N)=O)C(=O)O. The third-order valence-electron chi connectivity index (χ3n) is 7.92. The quantitative estimate of drug-likeness (QED) is 0.0298. The number of hydrogen-bond acceptors (Lipinski definition) is 16. The van der Waals surface area contributed by atoms with E-state index in [2.05, 4.69) is 31.9 Å². The lowest BCUT2D eigenvalue weighted by Gasteiger charge is -2.25. The van der Waals surface area contributed by atoms with Crippen molar-refractivity contribution in [2.75, 3.05) is 32.8 Å². The van der Waals surface area contributed by atoms with Crippen molar-refractivity contribution in [2.45, 2.75) is 94.2 Å².